The first-order valence-electron chi connectivity index (χ1n) is 7.25. The number of Topliss-reactive ketones (excluding diaryl/α,β-unsaturated/α-hetero) is 1. The molecule has 4 nitrogen and oxygen atoms in total. The Labute approximate surface area is 132 Å². The number of benzene rings is 3. The van der Waals surface area contributed by atoms with Gasteiger partial charge in [-0.05, 0) is 35.0 Å². The summed E-state index contributed by atoms with van der Waals surface area (Å²) in [6.45, 7) is 0. The normalized spacial score (nSPS) is 13.5. The van der Waals surface area contributed by atoms with Gasteiger partial charge in [-0.1, -0.05) is 30.3 Å². The topological polar surface area (TPSA) is 52.4 Å². The molecule has 0 saturated heterocycles. The van der Waals surface area contributed by atoms with Crippen LogP contribution in [0.5, 0.6) is 5.75 Å². The number of carbonyl (C=O) groups excluding carboxylic acids is 1. The first-order chi connectivity index (χ1) is 11.2. The zero-order valence-electron chi connectivity index (χ0n) is 12.4. The van der Waals surface area contributed by atoms with E-state index in [4.69, 9.17) is 4.74 Å². The van der Waals surface area contributed by atoms with Gasteiger partial charge >= 0.3 is 0 Å². The largest absolute Gasteiger partial charge is 0.618 e. The van der Waals surface area contributed by atoms with Gasteiger partial charge in [0.05, 0.1) is 18.7 Å². The summed E-state index contributed by atoms with van der Waals surface area (Å²) in [7, 11) is 1.53. The molecule has 3 aromatic carbocycles. The monoisotopic (exact) mass is 303 g/mol. The van der Waals surface area contributed by atoms with E-state index in [1.54, 1.807) is 18.2 Å². The Bertz CT molecular complexity index is 989. The predicted molar refractivity (Wildman–Crippen MR) is 88.7 cm³/mol. The Kier molecular flexibility index (Phi) is 2.91. The van der Waals surface area contributed by atoms with Crippen molar-refractivity contribution in [3.63, 3.8) is 0 Å². The van der Waals surface area contributed by atoms with Crippen LogP contribution in [0.1, 0.15) is 15.9 Å². The first kappa shape index (κ1) is 13.5. The third kappa shape index (κ3) is 1.99. The summed E-state index contributed by atoms with van der Waals surface area (Å²) in [5.74, 6) is 0.296. The lowest BCUT2D eigenvalue weighted by atomic mass is 10.00. The number of rotatable bonds is 2. The molecule has 1 heterocycles. The smallest absolute Gasteiger partial charge is 0.272 e. The van der Waals surface area contributed by atoms with Crippen LogP contribution >= 0.6 is 0 Å². The van der Waals surface area contributed by atoms with Crippen LogP contribution in [0.4, 0.5) is 5.69 Å². The van der Waals surface area contributed by atoms with E-state index in [1.807, 2.05) is 42.5 Å². The van der Waals surface area contributed by atoms with Crippen molar-refractivity contribution in [3.05, 3.63) is 77.0 Å². The lowest BCUT2D eigenvalue weighted by molar-refractivity contribution is -0.355. The van der Waals surface area contributed by atoms with E-state index in [0.29, 0.717) is 27.3 Å². The summed E-state index contributed by atoms with van der Waals surface area (Å²) in [4.78, 5) is 12.6. The van der Waals surface area contributed by atoms with Crippen molar-refractivity contribution in [1.29, 1.82) is 0 Å². The van der Waals surface area contributed by atoms with Gasteiger partial charge in [0.25, 0.3) is 11.5 Å². The highest BCUT2D eigenvalue weighted by atomic mass is 16.5. The van der Waals surface area contributed by atoms with Crippen molar-refractivity contribution in [2.24, 2.45) is 0 Å². The molecule has 0 bridgehead atoms. The van der Waals surface area contributed by atoms with Crippen LogP contribution in [0.15, 0.2) is 60.7 Å². The van der Waals surface area contributed by atoms with Crippen molar-refractivity contribution in [2.75, 3.05) is 7.11 Å². The Hall–Kier alpha value is -3.14. The SMILES string of the molecule is COc1ccc2c(c1)[N+]([O-])=C(c1ccc3ccccc3c1)C2=O. The van der Waals surface area contributed by atoms with Gasteiger partial charge < -0.3 is 9.94 Å². The van der Waals surface area contributed by atoms with Crippen molar-refractivity contribution in [1.82, 2.24) is 0 Å². The van der Waals surface area contributed by atoms with Gasteiger partial charge in [0.2, 0.25) is 5.69 Å². The highest BCUT2D eigenvalue weighted by Gasteiger charge is 2.36. The number of nitrogens with zero attached hydrogens (tertiary/aromatic N) is 1. The minimum absolute atomic E-state index is 0.152. The maximum absolute atomic E-state index is 12.6. The number of carbonyl (C=O) groups is 1. The molecule has 4 rings (SSSR count). The minimum atomic E-state index is -0.257. The van der Waals surface area contributed by atoms with Gasteiger partial charge in [-0.25, -0.2) is 0 Å². The highest BCUT2D eigenvalue weighted by Crippen LogP contribution is 2.32. The number of fused-ring (bicyclic) bond motifs is 2. The Morgan fingerprint density at radius 3 is 2.52 bits per heavy atom. The molecule has 0 atom stereocenters. The van der Waals surface area contributed by atoms with Gasteiger partial charge in [0.1, 0.15) is 11.3 Å². The molecule has 0 spiro atoms. The molecular formula is C19H13NO3. The molecule has 0 N–H and O–H groups in total. The van der Waals surface area contributed by atoms with Crippen LogP contribution in [0.2, 0.25) is 0 Å². The standard InChI is InChI=1S/C19H13NO3/c1-23-15-8-9-16-17(11-15)20(22)18(19(16)21)14-7-6-12-4-2-3-5-13(12)10-14/h2-11H,1H3. The maximum Gasteiger partial charge on any atom is 0.272 e. The summed E-state index contributed by atoms with van der Waals surface area (Å²) in [5.41, 5.74) is 1.51. The summed E-state index contributed by atoms with van der Waals surface area (Å²) in [5, 5.41) is 14.7. The van der Waals surface area contributed by atoms with Gasteiger partial charge in [-0.15, -0.1) is 0 Å². The van der Waals surface area contributed by atoms with Crippen LogP contribution in [0.25, 0.3) is 10.8 Å². The zero-order chi connectivity index (χ0) is 16.0. The van der Waals surface area contributed by atoms with E-state index >= 15 is 0 Å². The van der Waals surface area contributed by atoms with E-state index in [0.717, 1.165) is 10.8 Å². The van der Waals surface area contributed by atoms with Gasteiger partial charge in [0, 0.05) is 0 Å². The number of ketones is 1. The molecule has 0 radical (unpaired) electrons. The second kappa shape index (κ2) is 4.95. The third-order valence-electron chi connectivity index (χ3n) is 4.11. The van der Waals surface area contributed by atoms with E-state index in [1.165, 1.54) is 7.11 Å². The molecule has 0 fully saturated rings. The number of hydrogen-bond acceptors (Lipinski definition) is 3. The molecule has 1 aliphatic heterocycles. The molecule has 0 saturated carbocycles. The fourth-order valence-corrected chi connectivity index (χ4v) is 2.92. The van der Waals surface area contributed by atoms with E-state index < -0.39 is 0 Å². The zero-order valence-corrected chi connectivity index (χ0v) is 12.4. The molecule has 0 aliphatic carbocycles. The average Bonchev–Trinajstić information content (AvgIpc) is 2.85. The number of methoxy groups -OCH3 is 1. The molecule has 1 aliphatic rings. The highest BCUT2D eigenvalue weighted by molar-refractivity contribution is 6.52. The summed E-state index contributed by atoms with van der Waals surface area (Å²) < 4.78 is 5.83. The predicted octanol–water partition coefficient (Wildman–Crippen LogP) is 3.68. The van der Waals surface area contributed by atoms with Gasteiger partial charge in [-0.3, -0.25) is 4.79 Å². The summed E-state index contributed by atoms with van der Waals surface area (Å²) in [6.07, 6.45) is 0. The average molecular weight is 303 g/mol. The number of hydrogen-bond donors (Lipinski definition) is 0. The van der Waals surface area contributed by atoms with Crippen LogP contribution < -0.4 is 4.74 Å². The molecule has 0 unspecified atom stereocenters. The molecule has 0 amide bonds. The fraction of sp³-hybridized carbons (Fsp3) is 0.0526. The molecule has 0 aromatic heterocycles. The maximum atomic E-state index is 12.6. The fourth-order valence-electron chi connectivity index (χ4n) is 2.92. The van der Waals surface area contributed by atoms with Crippen molar-refractivity contribution in [3.8, 4) is 5.75 Å². The summed E-state index contributed by atoms with van der Waals surface area (Å²) >= 11 is 0. The Morgan fingerprint density at radius 2 is 1.74 bits per heavy atom. The van der Waals surface area contributed by atoms with E-state index in [-0.39, 0.29) is 11.5 Å². The van der Waals surface area contributed by atoms with Crippen LogP contribution in [-0.2, 0) is 0 Å². The molecule has 23 heavy (non-hydrogen) atoms. The quantitative estimate of drug-likeness (QED) is 0.536. The van der Waals surface area contributed by atoms with E-state index in [9.17, 15) is 10.0 Å². The molecule has 112 valence electrons. The Balaban J connectivity index is 1.90. The second-order valence-electron chi connectivity index (χ2n) is 5.42. The molecular weight excluding hydrogens is 290 g/mol. The van der Waals surface area contributed by atoms with Crippen LogP contribution in [0, 0.1) is 5.21 Å². The third-order valence-corrected chi connectivity index (χ3v) is 4.11. The van der Waals surface area contributed by atoms with Crippen LogP contribution in [0.3, 0.4) is 0 Å². The molecule has 4 heteroatoms. The van der Waals surface area contributed by atoms with E-state index in [2.05, 4.69) is 0 Å². The second-order valence-corrected chi connectivity index (χ2v) is 5.42. The van der Waals surface area contributed by atoms with Crippen molar-refractivity contribution >= 4 is 28.0 Å². The lowest BCUT2D eigenvalue weighted by Crippen LogP contribution is -2.16. The lowest BCUT2D eigenvalue weighted by Gasteiger charge is -2.04. The number of ether oxygens (including phenoxy) is 1. The van der Waals surface area contributed by atoms with Crippen LogP contribution in [-0.4, -0.2) is 23.3 Å². The Morgan fingerprint density at radius 1 is 0.957 bits per heavy atom. The van der Waals surface area contributed by atoms with Gasteiger partial charge in [0.15, 0.2) is 0 Å². The van der Waals surface area contributed by atoms with Gasteiger partial charge in [-0.2, -0.15) is 4.74 Å². The first-order valence-corrected chi connectivity index (χ1v) is 7.25. The minimum Gasteiger partial charge on any atom is -0.618 e. The van der Waals surface area contributed by atoms with Crippen molar-refractivity contribution < 1.29 is 14.3 Å². The van der Waals surface area contributed by atoms with Crippen molar-refractivity contribution in [2.45, 2.75) is 0 Å². The molecule has 3 aromatic rings. The summed E-state index contributed by atoms with van der Waals surface area (Å²) in [6, 6.07) is 18.4.